The minimum Gasteiger partial charge on any atom is -0.370 e. The number of rotatable bonds is 18. The number of nitrogens with zero attached hydrogens (tertiary/aromatic N) is 2. The number of hydrogen-bond acceptors (Lipinski definition) is 12. The van der Waals surface area contributed by atoms with Crippen LogP contribution in [-0.2, 0) is 65.6 Å². The number of para-hydroxylation sites is 1. The highest BCUT2D eigenvalue weighted by Gasteiger charge is 2.45. The van der Waals surface area contributed by atoms with Gasteiger partial charge < -0.3 is 74.9 Å². The maximum Gasteiger partial charge on any atom is 0.246 e. The van der Waals surface area contributed by atoms with Gasteiger partial charge in [0.1, 0.15) is 42.3 Å². The lowest BCUT2D eigenvalue weighted by Gasteiger charge is -2.31. The lowest BCUT2D eigenvalue weighted by Crippen LogP contribution is -2.60. The van der Waals surface area contributed by atoms with E-state index in [0.29, 0.717) is 24.0 Å². The molecule has 7 rings (SSSR count). The topological polar surface area (TPSA) is 405 Å². The van der Waals surface area contributed by atoms with E-state index in [-0.39, 0.29) is 102 Å². The van der Waals surface area contributed by atoms with Crippen LogP contribution in [0.3, 0.4) is 0 Å². The normalized spacial score (nSPS) is 22.9. The van der Waals surface area contributed by atoms with Gasteiger partial charge in [0.05, 0.1) is 13.0 Å². The van der Waals surface area contributed by atoms with Gasteiger partial charge in [-0.1, -0.05) is 99.7 Å². The van der Waals surface area contributed by atoms with Crippen LogP contribution in [0, 0.1) is 5.92 Å². The van der Waals surface area contributed by atoms with E-state index in [1.807, 2.05) is 67.6 Å². The number of unbranched alkanes of at least 4 members (excludes halogenated alkanes) is 1. The van der Waals surface area contributed by atoms with Gasteiger partial charge in [-0.2, -0.15) is 0 Å². The van der Waals surface area contributed by atoms with Crippen molar-refractivity contribution in [1.82, 2.24) is 57.7 Å². The first-order valence-corrected chi connectivity index (χ1v) is 31.0. The van der Waals surface area contributed by atoms with E-state index in [1.165, 1.54) is 11.8 Å². The summed E-state index contributed by atoms with van der Waals surface area (Å²) in [6, 6.07) is 9.89. The van der Waals surface area contributed by atoms with Gasteiger partial charge in [0.2, 0.25) is 65.0 Å². The number of amides is 11. The molecule has 0 unspecified atom stereocenters. The number of H-pyrrole nitrogens is 1. The summed E-state index contributed by atoms with van der Waals surface area (Å²) in [5, 5.41) is 27.2. The van der Waals surface area contributed by atoms with Gasteiger partial charge in [-0.15, -0.1) is 0 Å². The molecule has 4 aromatic rings. The zero-order chi connectivity index (χ0) is 64.0. The van der Waals surface area contributed by atoms with Gasteiger partial charge in [-0.25, -0.2) is 0 Å². The Morgan fingerprint density at radius 1 is 0.719 bits per heavy atom. The number of aromatic amines is 1. The summed E-state index contributed by atoms with van der Waals surface area (Å²) < 4.78 is 0. The number of carbonyl (C=O) groups excluding carboxylic acids is 11. The van der Waals surface area contributed by atoms with E-state index in [2.05, 4.69) is 57.8 Å². The smallest absolute Gasteiger partial charge is 0.246 e. The zero-order valence-electron chi connectivity index (χ0n) is 50.8. The number of fused-ring (bicyclic) bond motifs is 3. The number of primary amides is 1. The Morgan fingerprint density at radius 2 is 1.42 bits per heavy atom. The number of guanidine groups is 1. The Labute approximate surface area is 517 Å². The maximum atomic E-state index is 15.4. The Hall–Kier alpha value is -9.10. The summed E-state index contributed by atoms with van der Waals surface area (Å²) in [6.07, 6.45) is 7.64. The van der Waals surface area contributed by atoms with E-state index in [1.54, 1.807) is 12.3 Å². The van der Waals surface area contributed by atoms with Crippen molar-refractivity contribution in [2.75, 3.05) is 26.2 Å². The number of nitrogens with two attached hydrogens (primary N) is 3. The number of aromatic nitrogens is 1. The Kier molecular flexibility index (Phi) is 25.2. The quantitative estimate of drug-likeness (QED) is 0.0370. The molecule has 11 amide bonds. The maximum absolute atomic E-state index is 15.4. The van der Waals surface area contributed by atoms with Crippen LogP contribution in [0.1, 0.15) is 128 Å². The first-order chi connectivity index (χ1) is 42.7. The van der Waals surface area contributed by atoms with E-state index in [4.69, 9.17) is 17.2 Å². The molecule has 0 radical (unpaired) electrons. The molecule has 0 bridgehead atoms. The van der Waals surface area contributed by atoms with Crippen molar-refractivity contribution in [2.45, 2.75) is 178 Å². The van der Waals surface area contributed by atoms with Crippen LogP contribution in [0.4, 0.5) is 0 Å². The Morgan fingerprint density at radius 3 is 2.16 bits per heavy atom. The summed E-state index contributed by atoms with van der Waals surface area (Å²) in [5.74, 6) is -8.12. The summed E-state index contributed by atoms with van der Waals surface area (Å²) >= 11 is 0. The molecule has 480 valence electrons. The third-order valence-electron chi connectivity index (χ3n) is 16.5. The van der Waals surface area contributed by atoms with E-state index in [9.17, 15) is 38.4 Å². The lowest BCUT2D eigenvalue weighted by molar-refractivity contribution is -0.143. The Balaban J connectivity index is 1.28. The molecule has 8 atom stereocenters. The average molecular weight is 1230 g/mol. The minimum absolute atomic E-state index is 0.0133. The second kappa shape index (κ2) is 33.3. The zero-order valence-corrected chi connectivity index (χ0v) is 50.8. The first kappa shape index (κ1) is 67.4. The molecule has 1 aromatic heterocycles. The molecule has 1 saturated carbocycles. The standard InChI is InChI=1S/C63H87N15O11/c1-3-4-20-47(71-37(2)79)58(85)77-51-33-53(80)67-26-13-12-22-46(56(64)83)73-55(82)35-70-57(84)50(31-42-34-69-45-21-11-10-19-44(42)45)75-59(86)48(23-14-27-68-63(65)66)74-60(87)49(29-39-24-25-40-17-8-9-18-41(40)28-39)76-61(88)52-32-43(36-78(52)62(51)89)72-54(81)30-38-15-6-5-7-16-38/h8-11,17-19,21,24-25,28,34,38,43,46-52,69H,3-7,12-16,20,22-23,26-27,29-33,35-36H2,1-2H3,(H2,64,83)(H,67,80)(H,70,84)(H,71,79)(H,72,81)(H,73,82)(H,74,87)(H,75,86)(H,76,88)(H,77,85)(H4,65,66,68)/t43-,46-,47-,48-,49+,50-,51-,52-/m0/s1. The molecule has 3 heterocycles. The second-order valence-electron chi connectivity index (χ2n) is 23.5. The van der Waals surface area contributed by atoms with Crippen LogP contribution in [0.2, 0.25) is 0 Å². The average Bonchev–Trinajstić information content (AvgIpc) is 3.60. The number of carbonyl (C=O) groups is 11. The predicted octanol–water partition coefficient (Wildman–Crippen LogP) is 0.627. The van der Waals surface area contributed by atoms with Crippen molar-refractivity contribution in [3.63, 3.8) is 0 Å². The fourth-order valence-electron chi connectivity index (χ4n) is 11.9. The molecule has 26 nitrogen and oxygen atoms in total. The Bertz CT molecular complexity index is 3210. The van der Waals surface area contributed by atoms with E-state index in [0.717, 1.165) is 53.8 Å². The lowest BCUT2D eigenvalue weighted by atomic mass is 9.87. The fourth-order valence-corrected chi connectivity index (χ4v) is 11.9. The third-order valence-corrected chi connectivity index (χ3v) is 16.5. The van der Waals surface area contributed by atoms with Gasteiger partial charge in [0.15, 0.2) is 5.96 Å². The highest BCUT2D eigenvalue weighted by atomic mass is 16.2. The van der Waals surface area contributed by atoms with Gasteiger partial charge in [-0.3, -0.25) is 57.7 Å². The minimum atomic E-state index is -1.63. The van der Waals surface area contributed by atoms with Crippen LogP contribution in [-0.4, -0.2) is 155 Å². The van der Waals surface area contributed by atoms with Crippen molar-refractivity contribution >= 4 is 92.6 Å². The SMILES string of the molecule is CCCC[C@H](NC(C)=O)C(=O)N[C@H]1CC(=O)NCCCC[C@@H](C(N)=O)NC(=O)CNC(=O)[C@H](Cc2c[nH]c3ccccc23)NC(=O)[C@H](CCCN=C(N)N)NC(=O)[C@@H](Cc2ccc3ccccc3c2)NC(=O)[C@@H]2C[C@H](NC(=O)CC3CCCCC3)CN2C1=O. The summed E-state index contributed by atoms with van der Waals surface area (Å²) in [4.78, 5) is 164. The predicted molar refractivity (Wildman–Crippen MR) is 333 cm³/mol. The van der Waals surface area contributed by atoms with Crippen molar-refractivity contribution < 1.29 is 52.7 Å². The van der Waals surface area contributed by atoms with Crippen LogP contribution >= 0.6 is 0 Å². The van der Waals surface area contributed by atoms with Crippen molar-refractivity contribution in [3.05, 3.63) is 84.1 Å². The molecule has 3 fully saturated rings. The molecule has 0 spiro atoms. The summed E-state index contributed by atoms with van der Waals surface area (Å²) in [7, 11) is 0. The number of aliphatic imine (C=N–C) groups is 1. The molecular weight excluding hydrogens is 1140 g/mol. The van der Waals surface area contributed by atoms with Crippen LogP contribution in [0.5, 0.6) is 0 Å². The second-order valence-corrected chi connectivity index (χ2v) is 23.5. The number of hydrogen-bond donors (Lipinski definition) is 13. The largest absolute Gasteiger partial charge is 0.370 e. The number of nitrogens with one attached hydrogen (secondary N) is 10. The third kappa shape index (κ3) is 20.5. The molecule has 3 aliphatic rings. The molecule has 89 heavy (non-hydrogen) atoms. The molecule has 2 saturated heterocycles. The molecule has 1 aliphatic carbocycles. The molecular formula is C63H87N15O11. The van der Waals surface area contributed by atoms with Crippen LogP contribution in [0.15, 0.2) is 77.9 Å². The monoisotopic (exact) mass is 1230 g/mol. The van der Waals surface area contributed by atoms with Gasteiger partial charge in [-0.05, 0) is 91.7 Å². The van der Waals surface area contributed by atoms with Crippen molar-refractivity contribution in [3.8, 4) is 0 Å². The molecule has 2 aliphatic heterocycles. The summed E-state index contributed by atoms with van der Waals surface area (Å²) in [5.41, 5.74) is 19.0. The highest BCUT2D eigenvalue weighted by Crippen LogP contribution is 2.28. The highest BCUT2D eigenvalue weighted by molar-refractivity contribution is 6.00. The van der Waals surface area contributed by atoms with Gasteiger partial charge in [0, 0.05) is 69.0 Å². The van der Waals surface area contributed by atoms with Gasteiger partial charge >= 0.3 is 0 Å². The van der Waals surface area contributed by atoms with Crippen LogP contribution in [0.25, 0.3) is 21.7 Å². The van der Waals surface area contributed by atoms with E-state index < -0.39 is 120 Å². The summed E-state index contributed by atoms with van der Waals surface area (Å²) in [6.45, 7) is 2.31. The number of benzene rings is 3. The van der Waals surface area contributed by atoms with Gasteiger partial charge in [0.25, 0.3) is 0 Å². The molecule has 16 N–H and O–H groups in total. The molecule has 3 aromatic carbocycles. The van der Waals surface area contributed by atoms with E-state index >= 15 is 14.4 Å². The first-order valence-electron chi connectivity index (χ1n) is 31.0. The fraction of sp³-hybridized carbons (Fsp3) is 0.524. The molecule has 26 heteroatoms. The van der Waals surface area contributed by atoms with Crippen molar-refractivity contribution in [2.24, 2.45) is 28.1 Å². The van der Waals surface area contributed by atoms with Crippen molar-refractivity contribution in [1.29, 1.82) is 0 Å². The van der Waals surface area contributed by atoms with Crippen LogP contribution < -0.4 is 65.1 Å².